The summed E-state index contributed by atoms with van der Waals surface area (Å²) in [6, 6.07) is 6.87. The Hall–Kier alpha value is -1.67. The van der Waals surface area contributed by atoms with Crippen molar-refractivity contribution in [1.82, 2.24) is 5.32 Å². The maximum atomic E-state index is 12.1. The van der Waals surface area contributed by atoms with Gasteiger partial charge in [-0.1, -0.05) is 12.1 Å². The molecule has 7 nitrogen and oxygen atoms in total. The molecule has 0 bridgehead atoms. The minimum atomic E-state index is -0.258. The van der Waals surface area contributed by atoms with Gasteiger partial charge in [0.05, 0.1) is 37.0 Å². The molecule has 1 aliphatic heterocycles. The first-order valence-electron chi connectivity index (χ1n) is 8.27. The van der Waals surface area contributed by atoms with Gasteiger partial charge in [0.15, 0.2) is 0 Å². The molecule has 0 saturated carbocycles. The van der Waals surface area contributed by atoms with Crippen LogP contribution >= 0.6 is 12.4 Å². The molecule has 8 heteroatoms. The van der Waals surface area contributed by atoms with Crippen LogP contribution < -0.4 is 16.4 Å². The summed E-state index contributed by atoms with van der Waals surface area (Å²) in [6.07, 6.45) is 2.46. The van der Waals surface area contributed by atoms with Crippen molar-refractivity contribution in [2.75, 3.05) is 38.2 Å². The average Bonchev–Trinajstić information content (AvgIpc) is 3.10. The van der Waals surface area contributed by atoms with Gasteiger partial charge in [-0.3, -0.25) is 9.59 Å². The number of hydrogen-bond donors (Lipinski definition) is 3. The van der Waals surface area contributed by atoms with Gasteiger partial charge in [-0.25, -0.2) is 0 Å². The predicted molar refractivity (Wildman–Crippen MR) is 98.1 cm³/mol. The zero-order chi connectivity index (χ0) is 17.2. The third kappa shape index (κ3) is 7.39. The molecule has 1 heterocycles. The Balaban J connectivity index is 0.00000312. The molecule has 2 amide bonds. The van der Waals surface area contributed by atoms with E-state index in [9.17, 15) is 9.59 Å². The predicted octanol–water partition coefficient (Wildman–Crippen LogP) is 1.32. The van der Waals surface area contributed by atoms with E-state index in [-0.39, 0.29) is 36.7 Å². The molecule has 1 unspecified atom stereocenters. The Labute approximate surface area is 154 Å². The largest absolute Gasteiger partial charge is 0.378 e. The molecule has 1 aliphatic rings. The Morgan fingerprint density at radius 1 is 1.32 bits per heavy atom. The number of benzene rings is 1. The lowest BCUT2D eigenvalue weighted by Crippen LogP contribution is -2.30. The molecular formula is C17H26ClN3O4. The molecule has 2 rings (SSSR count). The van der Waals surface area contributed by atoms with Gasteiger partial charge >= 0.3 is 0 Å². The Bertz CT molecular complexity index is 550. The molecule has 1 aromatic carbocycles. The minimum absolute atomic E-state index is 0. The van der Waals surface area contributed by atoms with Crippen molar-refractivity contribution in [3.8, 4) is 0 Å². The van der Waals surface area contributed by atoms with Gasteiger partial charge in [0.2, 0.25) is 5.91 Å². The third-order valence-electron chi connectivity index (χ3n) is 3.68. The highest BCUT2D eigenvalue weighted by Gasteiger charge is 2.16. The lowest BCUT2D eigenvalue weighted by molar-refractivity contribution is -0.117. The van der Waals surface area contributed by atoms with Crippen molar-refractivity contribution in [3.05, 3.63) is 29.8 Å². The summed E-state index contributed by atoms with van der Waals surface area (Å²) < 4.78 is 10.9. The Morgan fingerprint density at radius 2 is 2.12 bits per heavy atom. The second-order valence-corrected chi connectivity index (χ2v) is 5.60. The van der Waals surface area contributed by atoms with Crippen LogP contribution in [0.5, 0.6) is 0 Å². The molecule has 1 atom stereocenters. The van der Waals surface area contributed by atoms with Gasteiger partial charge in [-0.05, 0) is 25.0 Å². The summed E-state index contributed by atoms with van der Waals surface area (Å²) >= 11 is 0. The third-order valence-corrected chi connectivity index (χ3v) is 3.68. The number of ether oxygens (including phenoxy) is 2. The molecule has 0 aliphatic carbocycles. The number of carbonyl (C=O) groups is 2. The molecule has 1 saturated heterocycles. The van der Waals surface area contributed by atoms with Crippen molar-refractivity contribution >= 4 is 29.9 Å². The number of halogens is 1. The van der Waals surface area contributed by atoms with Crippen molar-refractivity contribution < 1.29 is 19.1 Å². The molecule has 0 aromatic heterocycles. The second-order valence-electron chi connectivity index (χ2n) is 5.60. The van der Waals surface area contributed by atoms with Gasteiger partial charge in [0.1, 0.15) is 0 Å². The van der Waals surface area contributed by atoms with Crippen LogP contribution in [0.25, 0.3) is 0 Å². The average molecular weight is 372 g/mol. The minimum Gasteiger partial charge on any atom is -0.378 e. The summed E-state index contributed by atoms with van der Waals surface area (Å²) in [5.41, 5.74) is 6.28. The normalized spacial score (nSPS) is 16.1. The summed E-state index contributed by atoms with van der Waals surface area (Å²) in [4.78, 5) is 24.1. The second kappa shape index (κ2) is 11.8. The fourth-order valence-corrected chi connectivity index (χ4v) is 2.44. The molecule has 1 aromatic rings. The van der Waals surface area contributed by atoms with Gasteiger partial charge in [-0.2, -0.15) is 0 Å². The zero-order valence-electron chi connectivity index (χ0n) is 14.2. The molecule has 140 valence electrons. The Morgan fingerprint density at radius 3 is 2.84 bits per heavy atom. The first kappa shape index (κ1) is 21.4. The van der Waals surface area contributed by atoms with Gasteiger partial charge < -0.3 is 25.8 Å². The van der Waals surface area contributed by atoms with Crippen LogP contribution in [-0.2, 0) is 14.3 Å². The number of para-hydroxylation sites is 1. The van der Waals surface area contributed by atoms with E-state index in [0.717, 1.165) is 19.4 Å². The van der Waals surface area contributed by atoms with Crippen molar-refractivity contribution in [3.63, 3.8) is 0 Å². The highest BCUT2D eigenvalue weighted by molar-refractivity contribution is 6.03. The van der Waals surface area contributed by atoms with E-state index in [1.165, 1.54) is 0 Å². The topological polar surface area (TPSA) is 103 Å². The number of nitrogens with two attached hydrogens (primary N) is 1. The SMILES string of the molecule is Cl.NCCNC(=O)c1ccccc1NC(=O)CCOCC1CCCO1. The summed E-state index contributed by atoms with van der Waals surface area (Å²) in [5.74, 6) is -0.451. The molecule has 0 spiro atoms. The lowest BCUT2D eigenvalue weighted by Gasteiger charge is -2.12. The number of rotatable bonds is 9. The molecule has 1 fully saturated rings. The number of anilines is 1. The van der Waals surface area contributed by atoms with E-state index in [4.69, 9.17) is 15.2 Å². The zero-order valence-corrected chi connectivity index (χ0v) is 15.0. The molecule has 0 radical (unpaired) electrons. The number of carbonyl (C=O) groups excluding carboxylic acids is 2. The van der Waals surface area contributed by atoms with E-state index in [1.54, 1.807) is 24.3 Å². The summed E-state index contributed by atoms with van der Waals surface area (Å²) in [5, 5.41) is 5.45. The maximum Gasteiger partial charge on any atom is 0.253 e. The number of hydrogen-bond acceptors (Lipinski definition) is 5. The summed E-state index contributed by atoms with van der Waals surface area (Å²) in [7, 11) is 0. The first-order valence-corrected chi connectivity index (χ1v) is 8.27. The van der Waals surface area contributed by atoms with Crippen molar-refractivity contribution in [1.29, 1.82) is 0 Å². The Kier molecular flexibility index (Phi) is 10.1. The molecule has 25 heavy (non-hydrogen) atoms. The van der Waals surface area contributed by atoms with Gasteiger partial charge in [-0.15, -0.1) is 12.4 Å². The first-order chi connectivity index (χ1) is 11.7. The van der Waals surface area contributed by atoms with Crippen molar-refractivity contribution in [2.45, 2.75) is 25.4 Å². The van der Waals surface area contributed by atoms with Crippen molar-refractivity contribution in [2.24, 2.45) is 5.73 Å². The van der Waals surface area contributed by atoms with Crippen LogP contribution in [0.1, 0.15) is 29.6 Å². The van der Waals surface area contributed by atoms with Crippen LogP contribution in [0.15, 0.2) is 24.3 Å². The van der Waals surface area contributed by atoms with E-state index >= 15 is 0 Å². The standard InChI is InChI=1S/C17H25N3O4.ClH/c18-8-9-19-17(22)14-5-1-2-6-15(14)20-16(21)7-11-23-12-13-4-3-10-24-13;/h1-2,5-6,13H,3-4,7-12,18H2,(H,19,22)(H,20,21);1H. The summed E-state index contributed by atoms with van der Waals surface area (Å²) in [6.45, 7) is 2.39. The molecular weight excluding hydrogens is 346 g/mol. The van der Waals surface area contributed by atoms with Gasteiger partial charge in [0.25, 0.3) is 5.91 Å². The smallest absolute Gasteiger partial charge is 0.253 e. The van der Waals surface area contributed by atoms with Crippen LogP contribution in [0, 0.1) is 0 Å². The maximum absolute atomic E-state index is 12.1. The fourth-order valence-electron chi connectivity index (χ4n) is 2.44. The highest BCUT2D eigenvalue weighted by atomic mass is 35.5. The van der Waals surface area contributed by atoms with Crippen LogP contribution in [0.4, 0.5) is 5.69 Å². The van der Waals surface area contributed by atoms with Crippen LogP contribution in [-0.4, -0.2) is 50.8 Å². The number of nitrogens with one attached hydrogen (secondary N) is 2. The van der Waals surface area contributed by atoms with Crippen LogP contribution in [0.3, 0.4) is 0 Å². The monoisotopic (exact) mass is 371 g/mol. The highest BCUT2D eigenvalue weighted by Crippen LogP contribution is 2.15. The fraction of sp³-hybridized carbons (Fsp3) is 0.529. The van der Waals surface area contributed by atoms with Gasteiger partial charge in [0, 0.05) is 19.7 Å². The van der Waals surface area contributed by atoms with E-state index in [2.05, 4.69) is 10.6 Å². The number of amides is 2. The van der Waals surface area contributed by atoms with E-state index < -0.39 is 0 Å². The van der Waals surface area contributed by atoms with Crippen LogP contribution in [0.2, 0.25) is 0 Å². The lowest BCUT2D eigenvalue weighted by atomic mass is 10.1. The quantitative estimate of drug-likeness (QED) is 0.568. The molecule has 4 N–H and O–H groups in total. The van der Waals surface area contributed by atoms with E-state index in [0.29, 0.717) is 37.6 Å². The van der Waals surface area contributed by atoms with E-state index in [1.807, 2.05) is 0 Å².